The quantitative estimate of drug-likeness (QED) is 0.504. The topological polar surface area (TPSA) is 101 Å². The molecule has 1 aromatic carbocycles. The molecule has 0 aliphatic carbocycles. The van der Waals surface area contributed by atoms with Crippen LogP contribution in [0.25, 0.3) is 6.08 Å². The van der Waals surface area contributed by atoms with Crippen LogP contribution in [0.4, 0.5) is 5.69 Å². The van der Waals surface area contributed by atoms with Crippen LogP contribution in [0.1, 0.15) is 33.3 Å². The van der Waals surface area contributed by atoms with Gasteiger partial charge in [-0.25, -0.2) is 0 Å². The molecule has 0 aliphatic rings. The van der Waals surface area contributed by atoms with Crippen molar-refractivity contribution in [2.45, 2.75) is 33.2 Å². The first-order valence-electron chi connectivity index (χ1n) is 6.65. The number of nitro groups is 1. The predicted molar refractivity (Wildman–Crippen MR) is 82.8 cm³/mol. The Morgan fingerprint density at radius 3 is 2.41 bits per heavy atom. The highest BCUT2D eigenvalue weighted by molar-refractivity contribution is 6.01. The van der Waals surface area contributed by atoms with Crippen molar-refractivity contribution in [3.8, 4) is 0 Å². The summed E-state index contributed by atoms with van der Waals surface area (Å²) in [5.41, 5.74) is -0.0887. The summed E-state index contributed by atoms with van der Waals surface area (Å²) < 4.78 is 0. The van der Waals surface area contributed by atoms with E-state index in [2.05, 4.69) is 10.6 Å². The Morgan fingerprint density at radius 2 is 1.91 bits per heavy atom. The lowest BCUT2D eigenvalue weighted by Crippen LogP contribution is -2.44. The second-order valence-corrected chi connectivity index (χ2v) is 5.80. The summed E-state index contributed by atoms with van der Waals surface area (Å²) in [5.74, 6) is -0.866. The van der Waals surface area contributed by atoms with Gasteiger partial charge >= 0.3 is 0 Å². The van der Waals surface area contributed by atoms with E-state index in [1.165, 1.54) is 31.2 Å². The third-order valence-corrected chi connectivity index (χ3v) is 2.44. The fourth-order valence-corrected chi connectivity index (χ4v) is 1.65. The van der Waals surface area contributed by atoms with Crippen molar-refractivity contribution in [2.24, 2.45) is 0 Å². The summed E-state index contributed by atoms with van der Waals surface area (Å²) in [4.78, 5) is 33.7. The van der Waals surface area contributed by atoms with Gasteiger partial charge in [-0.15, -0.1) is 0 Å². The Hall–Kier alpha value is -2.70. The summed E-state index contributed by atoms with van der Waals surface area (Å²) in [6, 6.07) is 5.80. The van der Waals surface area contributed by atoms with E-state index in [4.69, 9.17) is 0 Å². The van der Waals surface area contributed by atoms with Crippen LogP contribution in [0.3, 0.4) is 0 Å². The first kappa shape index (κ1) is 17.4. The van der Waals surface area contributed by atoms with E-state index in [0.29, 0.717) is 5.56 Å². The van der Waals surface area contributed by atoms with Crippen molar-refractivity contribution in [3.63, 3.8) is 0 Å². The summed E-state index contributed by atoms with van der Waals surface area (Å²) in [6.07, 6.45) is 1.40. The standard InChI is InChI=1S/C15H19N3O4/c1-10(19)16-13(14(20)17-15(2,3)4)9-11-6-5-7-12(8-11)18(21)22/h5-9H,1-4H3,(H,16,19)(H,17,20). The van der Waals surface area contributed by atoms with Crippen LogP contribution in [0.5, 0.6) is 0 Å². The number of hydrogen-bond acceptors (Lipinski definition) is 4. The minimum atomic E-state index is -0.523. The Labute approximate surface area is 128 Å². The van der Waals surface area contributed by atoms with Crippen molar-refractivity contribution in [1.82, 2.24) is 10.6 Å². The summed E-state index contributed by atoms with van der Waals surface area (Å²) in [7, 11) is 0. The van der Waals surface area contributed by atoms with Crippen molar-refractivity contribution in [2.75, 3.05) is 0 Å². The first-order chi connectivity index (χ1) is 10.1. The molecule has 0 atom stereocenters. The molecule has 2 amide bonds. The van der Waals surface area contributed by atoms with Crippen LogP contribution >= 0.6 is 0 Å². The van der Waals surface area contributed by atoms with E-state index in [1.54, 1.807) is 6.07 Å². The predicted octanol–water partition coefficient (Wildman–Crippen LogP) is 1.99. The summed E-state index contributed by atoms with van der Waals surface area (Å²) in [6.45, 7) is 6.71. The van der Waals surface area contributed by atoms with Gasteiger partial charge in [-0.2, -0.15) is 0 Å². The summed E-state index contributed by atoms with van der Waals surface area (Å²) >= 11 is 0. The van der Waals surface area contributed by atoms with Gasteiger partial charge in [-0.05, 0) is 32.4 Å². The van der Waals surface area contributed by atoms with Crippen LogP contribution in [0.15, 0.2) is 30.0 Å². The first-order valence-corrected chi connectivity index (χ1v) is 6.65. The largest absolute Gasteiger partial charge is 0.346 e. The molecule has 7 heteroatoms. The normalized spacial score (nSPS) is 11.7. The Kier molecular flexibility index (Phi) is 5.39. The van der Waals surface area contributed by atoms with Crippen LogP contribution in [0.2, 0.25) is 0 Å². The molecular weight excluding hydrogens is 286 g/mol. The molecule has 0 bridgehead atoms. The highest BCUT2D eigenvalue weighted by atomic mass is 16.6. The zero-order valence-corrected chi connectivity index (χ0v) is 13.0. The van der Waals surface area contributed by atoms with E-state index in [0.717, 1.165) is 0 Å². The molecule has 0 heterocycles. The second kappa shape index (κ2) is 6.84. The smallest absolute Gasteiger partial charge is 0.270 e. The molecular formula is C15H19N3O4. The number of benzene rings is 1. The molecule has 0 spiro atoms. The van der Waals surface area contributed by atoms with Gasteiger partial charge in [0.15, 0.2) is 0 Å². The van der Waals surface area contributed by atoms with Gasteiger partial charge < -0.3 is 10.6 Å². The average Bonchev–Trinajstić information content (AvgIpc) is 2.35. The highest BCUT2D eigenvalue weighted by Gasteiger charge is 2.18. The van der Waals surface area contributed by atoms with E-state index < -0.39 is 22.3 Å². The number of carbonyl (C=O) groups excluding carboxylic acids is 2. The third-order valence-electron chi connectivity index (χ3n) is 2.44. The van der Waals surface area contributed by atoms with Gasteiger partial charge in [0.1, 0.15) is 5.70 Å². The fourth-order valence-electron chi connectivity index (χ4n) is 1.65. The van der Waals surface area contributed by atoms with Gasteiger partial charge in [0.05, 0.1) is 4.92 Å². The van der Waals surface area contributed by atoms with Crippen LogP contribution in [-0.4, -0.2) is 22.3 Å². The lowest BCUT2D eigenvalue weighted by Gasteiger charge is -2.21. The number of rotatable bonds is 4. The van der Waals surface area contributed by atoms with Crippen molar-refractivity contribution in [3.05, 3.63) is 45.6 Å². The third kappa shape index (κ3) is 5.74. The monoisotopic (exact) mass is 305 g/mol. The number of nitro benzene ring substituents is 1. The zero-order valence-electron chi connectivity index (χ0n) is 13.0. The van der Waals surface area contributed by atoms with E-state index in [1.807, 2.05) is 20.8 Å². The lowest BCUT2D eigenvalue weighted by atomic mass is 10.1. The molecule has 118 valence electrons. The van der Waals surface area contributed by atoms with Gasteiger partial charge in [0.2, 0.25) is 5.91 Å². The molecule has 0 unspecified atom stereocenters. The molecule has 0 saturated heterocycles. The van der Waals surface area contributed by atoms with E-state index in [9.17, 15) is 19.7 Å². The van der Waals surface area contributed by atoms with E-state index in [-0.39, 0.29) is 11.4 Å². The lowest BCUT2D eigenvalue weighted by molar-refractivity contribution is -0.384. The Bertz CT molecular complexity index is 630. The minimum Gasteiger partial charge on any atom is -0.346 e. The van der Waals surface area contributed by atoms with Gasteiger partial charge in [0, 0.05) is 24.6 Å². The number of carbonyl (C=O) groups is 2. The van der Waals surface area contributed by atoms with Crippen LogP contribution in [0, 0.1) is 10.1 Å². The Morgan fingerprint density at radius 1 is 1.27 bits per heavy atom. The molecule has 1 rings (SSSR count). The maximum atomic E-state index is 12.2. The van der Waals surface area contributed by atoms with Crippen molar-refractivity contribution >= 4 is 23.6 Å². The maximum absolute atomic E-state index is 12.2. The second-order valence-electron chi connectivity index (χ2n) is 5.80. The molecule has 0 aliphatic heterocycles. The number of hydrogen-bond donors (Lipinski definition) is 2. The van der Waals surface area contributed by atoms with Gasteiger partial charge in [-0.3, -0.25) is 19.7 Å². The molecule has 1 aromatic rings. The fraction of sp³-hybridized carbons (Fsp3) is 0.333. The molecule has 2 N–H and O–H groups in total. The van der Waals surface area contributed by atoms with Gasteiger partial charge in [0.25, 0.3) is 11.6 Å². The number of amides is 2. The van der Waals surface area contributed by atoms with Crippen LogP contribution < -0.4 is 10.6 Å². The minimum absolute atomic E-state index is 0.0305. The number of non-ortho nitro benzene ring substituents is 1. The van der Waals surface area contributed by atoms with Crippen molar-refractivity contribution in [1.29, 1.82) is 0 Å². The van der Waals surface area contributed by atoms with Crippen LogP contribution in [-0.2, 0) is 9.59 Å². The molecule has 0 saturated carbocycles. The highest BCUT2D eigenvalue weighted by Crippen LogP contribution is 2.15. The van der Waals surface area contributed by atoms with Gasteiger partial charge in [-0.1, -0.05) is 12.1 Å². The molecule has 0 fully saturated rings. The van der Waals surface area contributed by atoms with Crippen molar-refractivity contribution < 1.29 is 14.5 Å². The summed E-state index contributed by atoms with van der Waals surface area (Å²) in [5, 5.41) is 15.9. The SMILES string of the molecule is CC(=O)NC(=Cc1cccc([N+](=O)[O-])c1)C(=O)NC(C)(C)C. The molecule has 22 heavy (non-hydrogen) atoms. The Balaban J connectivity index is 3.15. The molecule has 0 radical (unpaired) electrons. The number of nitrogens with one attached hydrogen (secondary N) is 2. The average molecular weight is 305 g/mol. The van der Waals surface area contributed by atoms with E-state index >= 15 is 0 Å². The molecule has 7 nitrogen and oxygen atoms in total. The maximum Gasteiger partial charge on any atom is 0.270 e. The molecule has 0 aromatic heterocycles. The zero-order chi connectivity index (χ0) is 16.9. The number of nitrogens with zero attached hydrogens (tertiary/aromatic N) is 1.